The van der Waals surface area contributed by atoms with E-state index >= 15 is 0 Å². The monoisotopic (exact) mass is 606 g/mol. The summed E-state index contributed by atoms with van der Waals surface area (Å²) in [5.41, 5.74) is -1.30. The molecule has 2 aliphatic heterocycles. The van der Waals surface area contributed by atoms with Gasteiger partial charge in [0, 0.05) is 18.2 Å². The number of amides is 3. The fraction of sp³-hybridized carbons (Fsp3) is 0.774. The van der Waals surface area contributed by atoms with Crippen molar-refractivity contribution < 1.29 is 27.5 Å². The van der Waals surface area contributed by atoms with Crippen molar-refractivity contribution in [2.45, 2.75) is 127 Å². The predicted octanol–water partition coefficient (Wildman–Crippen LogP) is 4.13. The lowest BCUT2D eigenvalue weighted by Crippen LogP contribution is -2.55. The van der Waals surface area contributed by atoms with E-state index in [1.165, 1.54) is 0 Å². The Kier molecular flexibility index (Phi) is 9.69. The average molecular weight is 607 g/mol. The first-order chi connectivity index (χ1) is 19.6. The third kappa shape index (κ3) is 8.08. The lowest BCUT2D eigenvalue weighted by molar-refractivity contribution is -0.134. The van der Waals surface area contributed by atoms with Crippen molar-refractivity contribution in [2.24, 2.45) is 17.8 Å². The molecule has 0 aromatic heterocycles. The fourth-order valence-corrected chi connectivity index (χ4v) is 7.69. The molecular formula is C31H50N4O6S. The number of sulfonamides is 1. The van der Waals surface area contributed by atoms with Crippen molar-refractivity contribution >= 4 is 27.9 Å². The van der Waals surface area contributed by atoms with E-state index in [0.717, 1.165) is 32.1 Å². The Morgan fingerprint density at radius 1 is 1.19 bits per heavy atom. The van der Waals surface area contributed by atoms with Crippen molar-refractivity contribution in [3.63, 3.8) is 0 Å². The van der Waals surface area contributed by atoms with Crippen LogP contribution in [0.15, 0.2) is 24.4 Å². The molecular weight excluding hydrogens is 556 g/mol. The lowest BCUT2D eigenvalue weighted by atomic mass is 9.94. The van der Waals surface area contributed by atoms with Gasteiger partial charge in [0.15, 0.2) is 0 Å². The van der Waals surface area contributed by atoms with Crippen molar-refractivity contribution in [3.05, 3.63) is 24.4 Å². The zero-order valence-corrected chi connectivity index (χ0v) is 26.7. The Morgan fingerprint density at radius 3 is 2.55 bits per heavy atom. The number of nitrogens with zero attached hydrogens (tertiary/aromatic N) is 1. The number of hydrogen-bond donors (Lipinski definition) is 3. The minimum absolute atomic E-state index is 0.174. The summed E-state index contributed by atoms with van der Waals surface area (Å²) in [6, 6.07) is -1.15. The van der Waals surface area contributed by atoms with E-state index in [-0.39, 0.29) is 17.7 Å². The molecule has 2 aliphatic carbocycles. The van der Waals surface area contributed by atoms with E-state index in [1.807, 2.05) is 6.08 Å². The molecule has 0 aromatic rings. The molecule has 2 heterocycles. The molecule has 3 amide bonds. The maximum Gasteiger partial charge on any atom is 0.408 e. The van der Waals surface area contributed by atoms with Gasteiger partial charge in [-0.25, -0.2) is 13.2 Å². The first kappa shape index (κ1) is 32.4. The average Bonchev–Trinajstić information content (AvgIpc) is 3.78. The molecule has 1 saturated heterocycles. The second kappa shape index (κ2) is 12.6. The van der Waals surface area contributed by atoms with Crippen LogP contribution in [0.5, 0.6) is 0 Å². The summed E-state index contributed by atoms with van der Waals surface area (Å²) in [6.45, 7) is 14.5. The van der Waals surface area contributed by atoms with Gasteiger partial charge in [-0.2, -0.15) is 0 Å². The Bertz CT molecular complexity index is 1190. The van der Waals surface area contributed by atoms with Crippen LogP contribution in [-0.2, 0) is 24.3 Å². The molecule has 0 bridgehead atoms. The van der Waals surface area contributed by atoms with Crippen LogP contribution in [0.1, 0.15) is 98.8 Å². The van der Waals surface area contributed by atoms with Crippen molar-refractivity contribution in [2.75, 3.05) is 6.54 Å². The van der Waals surface area contributed by atoms with Gasteiger partial charge in [-0.05, 0) is 84.0 Å². The number of carbonyl (C=O) groups excluding carboxylic acids is 3. The zero-order chi connectivity index (χ0) is 30.9. The number of allylic oxidation sites excluding steroid dienone is 1. The molecule has 10 nitrogen and oxygen atoms in total. The normalized spacial score (nSPS) is 31.6. The lowest BCUT2D eigenvalue weighted by Gasteiger charge is -2.33. The number of hydrogen-bond acceptors (Lipinski definition) is 7. The number of alkyl carbamates (subject to hydrolysis) is 1. The summed E-state index contributed by atoms with van der Waals surface area (Å²) in [5.74, 6) is -0.257. The van der Waals surface area contributed by atoms with Gasteiger partial charge >= 0.3 is 6.09 Å². The van der Waals surface area contributed by atoms with Crippen LogP contribution in [0.25, 0.3) is 0 Å². The van der Waals surface area contributed by atoms with Gasteiger partial charge in [0.05, 0.1) is 11.3 Å². The molecule has 11 heteroatoms. The van der Waals surface area contributed by atoms with Crippen molar-refractivity contribution in [1.29, 1.82) is 0 Å². The Balaban J connectivity index is 1.61. The number of nitrogens with one attached hydrogen (secondary N) is 3. The quantitative estimate of drug-likeness (QED) is 0.387. The molecule has 0 unspecified atom stereocenters. The molecule has 0 spiro atoms. The van der Waals surface area contributed by atoms with Crippen LogP contribution in [0.4, 0.5) is 4.79 Å². The fourth-order valence-electron chi connectivity index (χ4n) is 6.32. The zero-order valence-electron chi connectivity index (χ0n) is 25.9. The second-order valence-electron chi connectivity index (χ2n) is 14.1. The summed E-state index contributed by atoms with van der Waals surface area (Å²) in [7, 11) is -3.72. The van der Waals surface area contributed by atoms with Gasteiger partial charge in [-0.1, -0.05) is 45.4 Å². The van der Waals surface area contributed by atoms with Gasteiger partial charge in [0.1, 0.15) is 17.2 Å². The van der Waals surface area contributed by atoms with Crippen LogP contribution in [0.3, 0.4) is 0 Å². The van der Waals surface area contributed by atoms with Crippen LogP contribution in [-0.4, -0.2) is 66.2 Å². The second-order valence-corrected chi connectivity index (χ2v) is 16.1. The first-order valence-corrected chi connectivity index (χ1v) is 17.2. The van der Waals surface area contributed by atoms with Crippen LogP contribution in [0.2, 0.25) is 0 Å². The standard InChI is InChI=1S/C31H50N4O6S/c1-20(2)16-22-17-26-21(3)33-31(28(37)34-42(39,40)24-14-15-24)18-23(31)12-10-8-7-9-11-13-25(27(36)35(26)19-22)32-29(38)41-30(4,5)6/h10,12,20,22-26,33H,3,7-9,11,13-19H2,1-2,4-6H3,(H,32,38)(H,34,37)/b12-10-/t22-,23-,25+,26+,31-/m1/s1. The molecule has 236 valence electrons. The Labute approximate surface area is 251 Å². The first-order valence-electron chi connectivity index (χ1n) is 15.6. The van der Waals surface area contributed by atoms with Crippen LogP contribution < -0.4 is 15.4 Å². The molecule has 42 heavy (non-hydrogen) atoms. The van der Waals surface area contributed by atoms with E-state index < -0.39 is 50.5 Å². The summed E-state index contributed by atoms with van der Waals surface area (Å²) < 4.78 is 33.2. The largest absolute Gasteiger partial charge is 0.444 e. The number of fused-ring (bicyclic) bond motifs is 2. The minimum Gasteiger partial charge on any atom is -0.444 e. The molecule has 5 atom stereocenters. The van der Waals surface area contributed by atoms with E-state index in [9.17, 15) is 22.8 Å². The van der Waals surface area contributed by atoms with Crippen molar-refractivity contribution in [3.8, 4) is 0 Å². The third-order valence-corrected chi connectivity index (χ3v) is 10.4. The molecule has 4 aliphatic rings. The SMILES string of the molecule is C=C1N[C@]2(C(=O)NS(=O)(=O)C3CC3)C[C@H]2/C=C\CCCCC[C@H](NC(=O)OC(C)(C)C)C(=O)N2C[C@H](CC(C)C)C[C@@H]12. The maximum atomic E-state index is 14.1. The number of rotatable bonds is 6. The molecule has 2 saturated carbocycles. The van der Waals surface area contributed by atoms with Gasteiger partial charge in [-0.3, -0.25) is 14.3 Å². The van der Waals surface area contributed by atoms with Crippen LogP contribution in [0, 0.1) is 17.8 Å². The summed E-state index contributed by atoms with van der Waals surface area (Å²) in [6.07, 6.45) is 10.5. The van der Waals surface area contributed by atoms with Gasteiger partial charge in [-0.15, -0.1) is 0 Å². The minimum atomic E-state index is -3.72. The number of carbonyl (C=O) groups is 3. The molecule has 4 rings (SSSR count). The van der Waals surface area contributed by atoms with Gasteiger partial charge in [0.2, 0.25) is 15.9 Å². The Morgan fingerprint density at radius 2 is 1.90 bits per heavy atom. The molecule has 0 radical (unpaired) electrons. The highest BCUT2D eigenvalue weighted by Crippen LogP contribution is 2.47. The highest BCUT2D eigenvalue weighted by molar-refractivity contribution is 7.91. The van der Waals surface area contributed by atoms with E-state index in [2.05, 4.69) is 41.9 Å². The highest BCUT2D eigenvalue weighted by Gasteiger charge is 2.61. The number of ether oxygens (including phenoxy) is 1. The topological polar surface area (TPSA) is 134 Å². The van der Waals surface area contributed by atoms with Crippen molar-refractivity contribution in [1.82, 2.24) is 20.3 Å². The van der Waals surface area contributed by atoms with Gasteiger partial charge < -0.3 is 20.3 Å². The maximum absolute atomic E-state index is 14.1. The Hall–Kier alpha value is -2.56. The summed E-state index contributed by atoms with van der Waals surface area (Å²) in [5, 5.41) is 5.67. The molecule has 3 N–H and O–H groups in total. The predicted molar refractivity (Wildman–Crippen MR) is 162 cm³/mol. The summed E-state index contributed by atoms with van der Waals surface area (Å²) in [4.78, 5) is 42.2. The van der Waals surface area contributed by atoms with E-state index in [0.29, 0.717) is 50.3 Å². The molecule has 3 fully saturated rings. The molecule has 0 aromatic carbocycles. The third-order valence-electron chi connectivity index (χ3n) is 8.60. The van der Waals surface area contributed by atoms with Gasteiger partial charge in [0.25, 0.3) is 5.91 Å². The highest BCUT2D eigenvalue weighted by atomic mass is 32.2. The van der Waals surface area contributed by atoms with Crippen LogP contribution >= 0.6 is 0 Å². The van der Waals surface area contributed by atoms with E-state index in [1.54, 1.807) is 25.7 Å². The van der Waals surface area contributed by atoms with E-state index in [4.69, 9.17) is 4.74 Å². The summed E-state index contributed by atoms with van der Waals surface area (Å²) >= 11 is 0. The smallest absolute Gasteiger partial charge is 0.408 e.